The summed E-state index contributed by atoms with van der Waals surface area (Å²) in [6, 6.07) is 10.5. The third kappa shape index (κ3) is 5.53. The van der Waals surface area contributed by atoms with Gasteiger partial charge in [-0.15, -0.1) is 0 Å². The summed E-state index contributed by atoms with van der Waals surface area (Å²) in [6.07, 6.45) is 8.61. The van der Waals surface area contributed by atoms with Crippen molar-refractivity contribution in [3.8, 4) is 0 Å². The SMILES string of the molecule is CCCCCC(CC)CNc1nc(C)nc2c1[NH2+]C(c1ccccc1)=C2.[Cl-]. The monoisotopic (exact) mass is 386 g/mol. The van der Waals surface area contributed by atoms with Crippen molar-refractivity contribution in [2.75, 3.05) is 11.9 Å². The molecule has 4 nitrogen and oxygen atoms in total. The van der Waals surface area contributed by atoms with E-state index in [1.807, 2.05) is 13.0 Å². The molecule has 5 heteroatoms. The van der Waals surface area contributed by atoms with E-state index >= 15 is 0 Å². The van der Waals surface area contributed by atoms with Crippen molar-refractivity contribution in [2.45, 2.75) is 52.9 Å². The van der Waals surface area contributed by atoms with Crippen LogP contribution in [-0.4, -0.2) is 16.5 Å². The molecule has 3 rings (SSSR count). The first-order valence-corrected chi connectivity index (χ1v) is 9.95. The maximum atomic E-state index is 4.69. The quantitative estimate of drug-likeness (QED) is 0.642. The molecule has 1 aromatic heterocycles. The topological polar surface area (TPSA) is 54.4 Å². The molecule has 1 aliphatic rings. The zero-order valence-electron chi connectivity index (χ0n) is 16.6. The minimum atomic E-state index is 0. The van der Waals surface area contributed by atoms with Crippen molar-refractivity contribution >= 4 is 23.3 Å². The van der Waals surface area contributed by atoms with Gasteiger partial charge in [0.15, 0.2) is 5.82 Å². The number of hydrogen-bond donors (Lipinski definition) is 2. The maximum Gasteiger partial charge on any atom is 0.203 e. The third-order valence-electron chi connectivity index (χ3n) is 5.14. The van der Waals surface area contributed by atoms with Crippen LogP contribution in [0.25, 0.3) is 11.8 Å². The van der Waals surface area contributed by atoms with Gasteiger partial charge in [-0.2, -0.15) is 0 Å². The number of halogens is 1. The molecule has 0 radical (unpaired) electrons. The number of hydrogen-bond acceptors (Lipinski definition) is 3. The highest BCUT2D eigenvalue weighted by Gasteiger charge is 2.25. The Labute approximate surface area is 169 Å². The molecule has 1 aliphatic heterocycles. The van der Waals surface area contributed by atoms with Crippen molar-refractivity contribution in [1.82, 2.24) is 9.97 Å². The van der Waals surface area contributed by atoms with Crippen LogP contribution in [0, 0.1) is 12.8 Å². The smallest absolute Gasteiger partial charge is 0.203 e. The molecule has 0 saturated carbocycles. The van der Waals surface area contributed by atoms with Crippen LogP contribution in [0.15, 0.2) is 30.3 Å². The largest absolute Gasteiger partial charge is 1.00 e. The highest BCUT2D eigenvalue weighted by atomic mass is 35.5. The average molecular weight is 387 g/mol. The van der Waals surface area contributed by atoms with Crippen molar-refractivity contribution in [1.29, 1.82) is 0 Å². The standard InChI is InChI=1S/C22H30N4.ClH/c1-4-6-8-11-17(5-2)15-23-22-21-20(24-16(3)25-22)14-19(26-21)18-12-9-7-10-13-18;/h7,9-10,12-14,17,26H,4-6,8,11,15H2,1-3H3,(H,23,24,25);1H. The van der Waals surface area contributed by atoms with Crippen LogP contribution < -0.4 is 23.0 Å². The predicted molar refractivity (Wildman–Crippen MR) is 109 cm³/mol. The molecule has 2 heterocycles. The van der Waals surface area contributed by atoms with Crippen LogP contribution in [0.2, 0.25) is 0 Å². The first-order valence-electron chi connectivity index (χ1n) is 9.95. The van der Waals surface area contributed by atoms with Crippen LogP contribution in [-0.2, 0) is 0 Å². The van der Waals surface area contributed by atoms with E-state index in [4.69, 9.17) is 0 Å². The van der Waals surface area contributed by atoms with Crippen LogP contribution in [0.1, 0.15) is 63.0 Å². The number of quaternary nitrogens is 1. The van der Waals surface area contributed by atoms with Gasteiger partial charge in [-0.1, -0.05) is 57.7 Å². The highest BCUT2D eigenvalue weighted by molar-refractivity contribution is 5.85. The molecule has 1 unspecified atom stereocenters. The number of aromatic nitrogens is 2. The minimum absolute atomic E-state index is 0. The first kappa shape index (κ1) is 21.4. The summed E-state index contributed by atoms with van der Waals surface area (Å²) in [5.41, 5.74) is 4.58. The number of nitrogens with two attached hydrogens (primary N) is 1. The Kier molecular flexibility index (Phi) is 8.26. The Balaban J connectivity index is 0.00000261. The number of benzene rings is 1. The second kappa shape index (κ2) is 10.4. The van der Waals surface area contributed by atoms with Gasteiger partial charge >= 0.3 is 0 Å². The lowest BCUT2D eigenvalue weighted by Crippen LogP contribution is -3.00. The number of unbranched alkanes of at least 4 members (excludes halogenated alkanes) is 2. The number of anilines is 1. The molecule has 0 aliphatic carbocycles. The van der Waals surface area contributed by atoms with Crippen molar-refractivity contribution in [2.24, 2.45) is 5.92 Å². The summed E-state index contributed by atoms with van der Waals surface area (Å²) in [7, 11) is 0. The number of nitrogens with zero attached hydrogens (tertiary/aromatic N) is 2. The van der Waals surface area contributed by atoms with Gasteiger partial charge in [0.25, 0.3) is 0 Å². The minimum Gasteiger partial charge on any atom is -1.00 e. The summed E-state index contributed by atoms with van der Waals surface area (Å²) >= 11 is 0. The lowest BCUT2D eigenvalue weighted by atomic mass is 9.98. The van der Waals surface area contributed by atoms with E-state index in [1.165, 1.54) is 43.4 Å². The van der Waals surface area contributed by atoms with Crippen molar-refractivity contribution in [3.05, 3.63) is 47.4 Å². The van der Waals surface area contributed by atoms with Crippen LogP contribution in [0.4, 0.5) is 11.5 Å². The number of aryl methyl sites for hydroxylation is 1. The molecule has 2 aromatic rings. The number of fused-ring (bicyclic) bond motifs is 1. The molecular weight excluding hydrogens is 356 g/mol. The zero-order valence-corrected chi connectivity index (χ0v) is 17.4. The summed E-state index contributed by atoms with van der Waals surface area (Å²) in [4.78, 5) is 9.33. The normalized spacial score (nSPS) is 13.5. The summed E-state index contributed by atoms with van der Waals surface area (Å²) < 4.78 is 0. The Morgan fingerprint density at radius 3 is 2.56 bits per heavy atom. The van der Waals surface area contributed by atoms with E-state index in [1.54, 1.807) is 0 Å². The van der Waals surface area contributed by atoms with Crippen molar-refractivity contribution < 1.29 is 17.7 Å². The van der Waals surface area contributed by atoms with E-state index < -0.39 is 0 Å². The van der Waals surface area contributed by atoms with Gasteiger partial charge in [-0.3, -0.25) is 5.32 Å². The Hall–Kier alpha value is -1.91. The Morgan fingerprint density at radius 1 is 1.07 bits per heavy atom. The van der Waals surface area contributed by atoms with Gasteiger partial charge in [0, 0.05) is 18.2 Å². The fraction of sp³-hybridized carbons (Fsp3) is 0.455. The molecule has 1 aromatic carbocycles. The molecule has 3 N–H and O–H groups in total. The van der Waals surface area contributed by atoms with Gasteiger partial charge in [-0.25, -0.2) is 9.97 Å². The van der Waals surface area contributed by atoms with E-state index in [0.717, 1.165) is 29.6 Å². The lowest BCUT2D eigenvalue weighted by molar-refractivity contribution is -0.464. The number of rotatable bonds is 9. The fourth-order valence-electron chi connectivity index (χ4n) is 3.51. The summed E-state index contributed by atoms with van der Waals surface area (Å²) in [5.74, 6) is 2.50. The maximum absolute atomic E-state index is 4.69. The summed E-state index contributed by atoms with van der Waals surface area (Å²) in [5, 5.41) is 5.83. The predicted octanol–water partition coefficient (Wildman–Crippen LogP) is 1.51. The second-order valence-electron chi connectivity index (χ2n) is 7.18. The molecule has 146 valence electrons. The van der Waals surface area contributed by atoms with Gasteiger partial charge in [-0.05, 0) is 31.4 Å². The summed E-state index contributed by atoms with van der Waals surface area (Å²) in [6.45, 7) is 7.50. The zero-order chi connectivity index (χ0) is 18.4. The van der Waals surface area contributed by atoms with Crippen LogP contribution in [0.5, 0.6) is 0 Å². The van der Waals surface area contributed by atoms with Crippen LogP contribution in [0.3, 0.4) is 0 Å². The molecule has 0 fully saturated rings. The average Bonchev–Trinajstić information content (AvgIpc) is 3.09. The third-order valence-corrected chi connectivity index (χ3v) is 5.14. The molecule has 1 atom stereocenters. The van der Waals surface area contributed by atoms with Gasteiger partial charge < -0.3 is 17.7 Å². The van der Waals surface area contributed by atoms with E-state index in [-0.39, 0.29) is 12.4 Å². The lowest BCUT2D eigenvalue weighted by Gasteiger charge is -2.16. The molecule has 27 heavy (non-hydrogen) atoms. The molecule has 0 amide bonds. The first-order chi connectivity index (χ1) is 12.7. The van der Waals surface area contributed by atoms with E-state index in [9.17, 15) is 0 Å². The van der Waals surface area contributed by atoms with Gasteiger partial charge in [0.1, 0.15) is 17.2 Å². The van der Waals surface area contributed by atoms with Crippen molar-refractivity contribution in [3.63, 3.8) is 0 Å². The van der Waals surface area contributed by atoms with Gasteiger partial charge in [0.05, 0.1) is 0 Å². The molecule has 0 spiro atoms. The number of nitrogens with one attached hydrogen (secondary N) is 1. The molecule has 0 bridgehead atoms. The Morgan fingerprint density at radius 2 is 1.85 bits per heavy atom. The Bertz CT molecular complexity index is 758. The van der Waals surface area contributed by atoms with Crippen LogP contribution >= 0.6 is 0 Å². The fourth-order valence-corrected chi connectivity index (χ4v) is 3.51. The van der Waals surface area contributed by atoms with E-state index in [2.05, 4.69) is 64.8 Å². The van der Waals surface area contributed by atoms with E-state index in [0.29, 0.717) is 5.92 Å². The molecular formula is C22H31ClN4. The second-order valence-corrected chi connectivity index (χ2v) is 7.18. The highest BCUT2D eigenvalue weighted by Crippen LogP contribution is 2.28. The molecule has 0 saturated heterocycles. The van der Waals surface area contributed by atoms with Gasteiger partial charge in [0.2, 0.25) is 5.69 Å².